The molecule has 0 fully saturated rings. The molecule has 8 heteroatoms. The van der Waals surface area contributed by atoms with Gasteiger partial charge in [0.25, 0.3) is 5.56 Å². The van der Waals surface area contributed by atoms with Crippen molar-refractivity contribution >= 4 is 34.5 Å². The molecule has 0 spiro atoms. The maximum absolute atomic E-state index is 13.4. The number of nitrogens with one attached hydrogen (secondary N) is 1. The third kappa shape index (κ3) is 4.49. The first-order valence-electron chi connectivity index (χ1n) is 9.77. The number of aromatic nitrogens is 4. The van der Waals surface area contributed by atoms with Gasteiger partial charge in [0.2, 0.25) is 11.9 Å². The van der Waals surface area contributed by atoms with Gasteiger partial charge in [0.1, 0.15) is 0 Å². The van der Waals surface area contributed by atoms with E-state index in [2.05, 4.69) is 15.3 Å². The molecule has 1 N–H and O–H groups in total. The minimum Gasteiger partial charge on any atom is -0.294 e. The number of hydrogen-bond donors (Lipinski definition) is 1. The number of thioether (sulfide) groups is 1. The molecule has 0 aliphatic carbocycles. The van der Waals surface area contributed by atoms with E-state index >= 15 is 0 Å². The summed E-state index contributed by atoms with van der Waals surface area (Å²) >= 11 is 1.22. The molecule has 1 amide bonds. The molecule has 0 aliphatic heterocycles. The Morgan fingerprint density at radius 2 is 1.71 bits per heavy atom. The topological polar surface area (TPSA) is 89.8 Å². The van der Waals surface area contributed by atoms with Crippen LogP contribution in [-0.2, 0) is 4.79 Å². The van der Waals surface area contributed by atoms with Gasteiger partial charge in [-0.3, -0.25) is 19.5 Å². The minimum atomic E-state index is -0.533. The van der Waals surface area contributed by atoms with Crippen molar-refractivity contribution in [1.82, 2.24) is 19.5 Å². The number of amides is 1. The van der Waals surface area contributed by atoms with Gasteiger partial charge in [0, 0.05) is 12.4 Å². The van der Waals surface area contributed by atoms with Crippen LogP contribution in [0, 0.1) is 13.8 Å². The summed E-state index contributed by atoms with van der Waals surface area (Å²) in [6, 6.07) is 14.8. The molecule has 7 nitrogen and oxygen atoms in total. The predicted octanol–water partition coefficient (Wildman–Crippen LogP) is 3.91. The van der Waals surface area contributed by atoms with Crippen LogP contribution < -0.4 is 10.9 Å². The summed E-state index contributed by atoms with van der Waals surface area (Å²) in [5.74, 6) is -0.0382. The molecule has 1 unspecified atom stereocenters. The van der Waals surface area contributed by atoms with Crippen LogP contribution in [0.5, 0.6) is 0 Å². The van der Waals surface area contributed by atoms with E-state index in [4.69, 9.17) is 4.98 Å². The number of benzene rings is 2. The molecule has 0 aliphatic rings. The highest BCUT2D eigenvalue weighted by Crippen LogP contribution is 2.26. The van der Waals surface area contributed by atoms with Crippen LogP contribution in [-0.4, -0.2) is 30.7 Å². The molecule has 2 aromatic heterocycles. The highest BCUT2D eigenvalue weighted by molar-refractivity contribution is 8.00. The Kier molecular flexibility index (Phi) is 5.81. The Morgan fingerprint density at radius 1 is 1.03 bits per heavy atom. The van der Waals surface area contributed by atoms with Crippen LogP contribution in [0.3, 0.4) is 0 Å². The fourth-order valence-corrected chi connectivity index (χ4v) is 4.21. The lowest BCUT2D eigenvalue weighted by Gasteiger charge is -2.17. The number of rotatable bonds is 5. The van der Waals surface area contributed by atoms with Gasteiger partial charge in [-0.2, -0.15) is 0 Å². The van der Waals surface area contributed by atoms with Crippen LogP contribution in [0.15, 0.2) is 70.9 Å². The van der Waals surface area contributed by atoms with Crippen LogP contribution in [0.4, 0.5) is 5.95 Å². The molecule has 0 saturated carbocycles. The molecular weight excluding hydrogens is 410 g/mol. The second kappa shape index (κ2) is 8.69. The standard InChI is InChI=1S/C23H21N5O2S/c1-14-11-15(2)13-17(12-14)28-21(30)18-7-4-5-8-19(18)26-23(28)31-16(3)20(29)27-22-24-9-6-10-25-22/h4-13,16H,1-3H3,(H,24,25,27,29). The molecule has 2 heterocycles. The summed E-state index contributed by atoms with van der Waals surface area (Å²) in [5, 5.41) is 3.14. The number of fused-ring (bicyclic) bond motifs is 1. The second-order valence-corrected chi connectivity index (χ2v) is 8.53. The molecule has 4 aromatic rings. The molecular formula is C23H21N5O2S. The van der Waals surface area contributed by atoms with Gasteiger partial charge in [0.05, 0.1) is 21.8 Å². The summed E-state index contributed by atoms with van der Waals surface area (Å²) in [5.41, 5.74) is 3.23. The van der Waals surface area contributed by atoms with Gasteiger partial charge < -0.3 is 0 Å². The van der Waals surface area contributed by atoms with Crippen molar-refractivity contribution in [3.05, 3.63) is 82.4 Å². The summed E-state index contributed by atoms with van der Waals surface area (Å²) in [6.45, 7) is 5.73. The highest BCUT2D eigenvalue weighted by atomic mass is 32.2. The van der Waals surface area contributed by atoms with Gasteiger partial charge >= 0.3 is 0 Å². The zero-order valence-electron chi connectivity index (χ0n) is 17.4. The SMILES string of the molecule is Cc1cc(C)cc(-n2c(SC(C)C(=O)Nc3ncccn3)nc3ccccc3c2=O)c1. The molecule has 0 radical (unpaired) electrons. The van der Waals surface area contributed by atoms with Crippen molar-refractivity contribution in [2.75, 3.05) is 5.32 Å². The van der Waals surface area contributed by atoms with Crippen LogP contribution in [0.25, 0.3) is 16.6 Å². The van der Waals surface area contributed by atoms with Gasteiger partial charge in [-0.25, -0.2) is 15.0 Å². The summed E-state index contributed by atoms with van der Waals surface area (Å²) in [4.78, 5) is 38.9. The number of carbonyl (C=O) groups excluding carboxylic acids is 1. The van der Waals surface area contributed by atoms with Crippen molar-refractivity contribution in [1.29, 1.82) is 0 Å². The number of hydrogen-bond acceptors (Lipinski definition) is 6. The van der Waals surface area contributed by atoms with Crippen molar-refractivity contribution < 1.29 is 4.79 Å². The largest absolute Gasteiger partial charge is 0.294 e. The lowest BCUT2D eigenvalue weighted by Crippen LogP contribution is -2.26. The predicted molar refractivity (Wildman–Crippen MR) is 123 cm³/mol. The fourth-order valence-electron chi connectivity index (χ4n) is 3.29. The van der Waals surface area contributed by atoms with E-state index in [0.717, 1.165) is 16.8 Å². The summed E-state index contributed by atoms with van der Waals surface area (Å²) in [7, 11) is 0. The molecule has 0 saturated heterocycles. The van der Waals surface area contributed by atoms with Crippen molar-refractivity contribution in [2.24, 2.45) is 0 Å². The highest BCUT2D eigenvalue weighted by Gasteiger charge is 2.21. The molecule has 1 atom stereocenters. The minimum absolute atomic E-state index is 0.169. The zero-order valence-corrected chi connectivity index (χ0v) is 18.2. The van der Waals surface area contributed by atoms with Crippen LogP contribution in [0.2, 0.25) is 0 Å². The Bertz CT molecular complexity index is 1300. The fraction of sp³-hybridized carbons (Fsp3) is 0.174. The first-order chi connectivity index (χ1) is 14.9. The molecule has 0 bridgehead atoms. The molecule has 156 valence electrons. The Balaban J connectivity index is 1.77. The molecule has 2 aromatic carbocycles. The molecule has 4 rings (SSSR count). The number of carbonyl (C=O) groups is 1. The Hall–Kier alpha value is -3.52. The third-order valence-corrected chi connectivity index (χ3v) is 5.71. The van der Waals surface area contributed by atoms with E-state index in [9.17, 15) is 9.59 Å². The van der Waals surface area contributed by atoms with Crippen molar-refractivity contribution in [2.45, 2.75) is 31.2 Å². The lowest BCUT2D eigenvalue weighted by atomic mass is 10.1. The first-order valence-corrected chi connectivity index (χ1v) is 10.7. The van der Waals surface area contributed by atoms with Crippen LogP contribution in [0.1, 0.15) is 18.1 Å². The van der Waals surface area contributed by atoms with Gasteiger partial charge in [-0.15, -0.1) is 0 Å². The number of para-hydroxylation sites is 1. The van der Waals surface area contributed by atoms with Crippen molar-refractivity contribution in [3.63, 3.8) is 0 Å². The summed E-state index contributed by atoms with van der Waals surface area (Å²) < 4.78 is 1.58. The number of anilines is 1. The van der Waals surface area contributed by atoms with Crippen LogP contribution >= 0.6 is 11.8 Å². The normalized spacial score (nSPS) is 12.0. The molecule has 31 heavy (non-hydrogen) atoms. The second-order valence-electron chi connectivity index (χ2n) is 7.22. The average molecular weight is 432 g/mol. The quantitative estimate of drug-likeness (QED) is 0.381. The lowest BCUT2D eigenvalue weighted by molar-refractivity contribution is -0.115. The zero-order chi connectivity index (χ0) is 22.0. The van der Waals surface area contributed by atoms with Gasteiger partial charge in [-0.05, 0) is 62.2 Å². The van der Waals surface area contributed by atoms with Gasteiger partial charge in [-0.1, -0.05) is 30.0 Å². The van der Waals surface area contributed by atoms with E-state index in [-0.39, 0.29) is 17.4 Å². The maximum Gasteiger partial charge on any atom is 0.266 e. The monoisotopic (exact) mass is 431 g/mol. The van der Waals surface area contributed by atoms with E-state index in [1.54, 1.807) is 42.1 Å². The third-order valence-electron chi connectivity index (χ3n) is 4.66. The van der Waals surface area contributed by atoms with Crippen molar-refractivity contribution in [3.8, 4) is 5.69 Å². The average Bonchev–Trinajstić information content (AvgIpc) is 2.74. The maximum atomic E-state index is 13.4. The smallest absolute Gasteiger partial charge is 0.266 e. The first kappa shape index (κ1) is 20.7. The van der Waals surface area contributed by atoms with E-state index in [0.29, 0.717) is 16.1 Å². The Morgan fingerprint density at radius 3 is 2.42 bits per heavy atom. The number of nitrogens with zero attached hydrogens (tertiary/aromatic N) is 4. The van der Waals surface area contributed by atoms with Gasteiger partial charge in [0.15, 0.2) is 5.16 Å². The Labute approximate surface area is 183 Å². The number of aryl methyl sites for hydroxylation is 2. The van der Waals surface area contributed by atoms with E-state index < -0.39 is 5.25 Å². The summed E-state index contributed by atoms with van der Waals surface area (Å²) in [6.07, 6.45) is 3.12. The van der Waals surface area contributed by atoms with E-state index in [1.165, 1.54) is 11.8 Å². The van der Waals surface area contributed by atoms with E-state index in [1.807, 2.05) is 44.2 Å².